The third-order valence-corrected chi connectivity index (χ3v) is 4.15. The van der Waals surface area contributed by atoms with E-state index in [1.807, 2.05) is 11.8 Å². The fraction of sp³-hybridized carbons (Fsp3) is 0.385. The van der Waals surface area contributed by atoms with E-state index in [0.717, 1.165) is 6.54 Å². The van der Waals surface area contributed by atoms with Gasteiger partial charge >= 0.3 is 0 Å². The molecule has 0 atom stereocenters. The summed E-state index contributed by atoms with van der Waals surface area (Å²) in [6.45, 7) is 1.08. The van der Waals surface area contributed by atoms with Gasteiger partial charge in [-0.3, -0.25) is 0 Å². The SMILES string of the molecule is CSCCCCNc1ccc2sccc2c1. The van der Waals surface area contributed by atoms with Crippen LogP contribution >= 0.6 is 23.1 Å². The predicted molar refractivity (Wildman–Crippen MR) is 77.9 cm³/mol. The number of hydrogen-bond acceptors (Lipinski definition) is 3. The molecule has 1 heterocycles. The minimum absolute atomic E-state index is 1.08. The third-order valence-electron chi connectivity index (χ3n) is 2.56. The van der Waals surface area contributed by atoms with Crippen molar-refractivity contribution in [2.45, 2.75) is 12.8 Å². The third kappa shape index (κ3) is 3.16. The summed E-state index contributed by atoms with van der Waals surface area (Å²) in [6.07, 6.45) is 4.72. The standard InChI is InChI=1S/C13H17NS2/c1-15-8-3-2-7-14-12-4-5-13-11(10-12)6-9-16-13/h4-6,9-10,14H,2-3,7-8H2,1H3. The molecule has 2 aromatic rings. The Hall–Kier alpha value is -0.670. The summed E-state index contributed by atoms with van der Waals surface area (Å²) in [4.78, 5) is 0. The van der Waals surface area contributed by atoms with Gasteiger partial charge in [-0.1, -0.05) is 0 Å². The van der Waals surface area contributed by atoms with Crippen molar-refractivity contribution >= 4 is 38.9 Å². The van der Waals surface area contributed by atoms with Crippen molar-refractivity contribution in [3.63, 3.8) is 0 Å². The first-order valence-electron chi connectivity index (χ1n) is 5.60. The molecule has 86 valence electrons. The van der Waals surface area contributed by atoms with E-state index in [-0.39, 0.29) is 0 Å². The molecule has 1 aromatic carbocycles. The van der Waals surface area contributed by atoms with Crippen LogP contribution in [0.2, 0.25) is 0 Å². The smallest absolute Gasteiger partial charge is 0.0347 e. The summed E-state index contributed by atoms with van der Waals surface area (Å²) in [6, 6.07) is 8.79. The fourth-order valence-corrected chi connectivity index (χ4v) is 2.94. The first-order chi connectivity index (χ1) is 7.90. The van der Waals surface area contributed by atoms with Gasteiger partial charge in [-0.25, -0.2) is 0 Å². The van der Waals surface area contributed by atoms with Crippen LogP contribution in [0, 0.1) is 0 Å². The number of fused-ring (bicyclic) bond motifs is 1. The van der Waals surface area contributed by atoms with E-state index in [1.54, 1.807) is 11.3 Å². The Morgan fingerprint density at radius 3 is 3.06 bits per heavy atom. The Labute approximate surface area is 105 Å². The van der Waals surface area contributed by atoms with Crippen LogP contribution in [0.25, 0.3) is 10.1 Å². The number of thioether (sulfide) groups is 1. The molecule has 1 N–H and O–H groups in total. The molecule has 0 spiro atoms. The second-order valence-electron chi connectivity index (χ2n) is 3.80. The molecule has 0 unspecified atom stereocenters. The van der Waals surface area contributed by atoms with Gasteiger partial charge < -0.3 is 5.32 Å². The molecule has 0 aliphatic carbocycles. The van der Waals surface area contributed by atoms with E-state index in [4.69, 9.17) is 0 Å². The van der Waals surface area contributed by atoms with E-state index in [0.29, 0.717) is 0 Å². The molecule has 1 aromatic heterocycles. The van der Waals surface area contributed by atoms with E-state index in [2.05, 4.69) is 41.2 Å². The number of benzene rings is 1. The maximum Gasteiger partial charge on any atom is 0.0347 e. The van der Waals surface area contributed by atoms with Gasteiger partial charge in [0.05, 0.1) is 0 Å². The van der Waals surface area contributed by atoms with Crippen LogP contribution in [0.1, 0.15) is 12.8 Å². The van der Waals surface area contributed by atoms with Crippen LogP contribution in [0.3, 0.4) is 0 Å². The Balaban J connectivity index is 1.84. The average molecular weight is 251 g/mol. The zero-order valence-corrected chi connectivity index (χ0v) is 11.2. The van der Waals surface area contributed by atoms with Gasteiger partial charge in [-0.05, 0) is 59.9 Å². The maximum atomic E-state index is 3.48. The van der Waals surface area contributed by atoms with E-state index in [9.17, 15) is 0 Å². The van der Waals surface area contributed by atoms with E-state index >= 15 is 0 Å². The van der Waals surface area contributed by atoms with Gasteiger partial charge in [0.25, 0.3) is 0 Å². The van der Waals surface area contributed by atoms with Crippen LogP contribution < -0.4 is 5.32 Å². The molecule has 0 saturated carbocycles. The first kappa shape index (κ1) is 11.8. The topological polar surface area (TPSA) is 12.0 Å². The molecule has 16 heavy (non-hydrogen) atoms. The zero-order valence-electron chi connectivity index (χ0n) is 9.53. The lowest BCUT2D eigenvalue weighted by Crippen LogP contribution is -2.01. The highest BCUT2D eigenvalue weighted by molar-refractivity contribution is 7.98. The molecule has 0 saturated heterocycles. The minimum Gasteiger partial charge on any atom is -0.385 e. The highest BCUT2D eigenvalue weighted by atomic mass is 32.2. The Bertz CT molecular complexity index is 436. The molecule has 0 aliphatic heterocycles. The lowest BCUT2D eigenvalue weighted by Gasteiger charge is -2.05. The lowest BCUT2D eigenvalue weighted by molar-refractivity contribution is 0.843. The van der Waals surface area contributed by atoms with Crippen molar-refractivity contribution in [2.24, 2.45) is 0 Å². The lowest BCUT2D eigenvalue weighted by atomic mass is 10.2. The van der Waals surface area contributed by atoms with Crippen molar-refractivity contribution in [2.75, 3.05) is 23.9 Å². The molecule has 0 aliphatic rings. The van der Waals surface area contributed by atoms with Crippen molar-refractivity contribution in [3.8, 4) is 0 Å². The van der Waals surface area contributed by atoms with Crippen molar-refractivity contribution in [3.05, 3.63) is 29.6 Å². The second-order valence-corrected chi connectivity index (χ2v) is 5.73. The normalized spacial score (nSPS) is 10.8. The number of hydrogen-bond donors (Lipinski definition) is 1. The minimum atomic E-state index is 1.08. The van der Waals surface area contributed by atoms with Crippen LogP contribution in [-0.4, -0.2) is 18.6 Å². The quantitative estimate of drug-likeness (QED) is 0.761. The monoisotopic (exact) mass is 251 g/mol. The average Bonchev–Trinajstić information content (AvgIpc) is 2.76. The number of nitrogens with one attached hydrogen (secondary N) is 1. The van der Waals surface area contributed by atoms with Gasteiger partial charge in [-0.2, -0.15) is 11.8 Å². The first-order valence-corrected chi connectivity index (χ1v) is 7.87. The summed E-state index contributed by atoms with van der Waals surface area (Å²) >= 11 is 3.72. The highest BCUT2D eigenvalue weighted by Crippen LogP contribution is 2.23. The van der Waals surface area contributed by atoms with Crippen LogP contribution in [0.4, 0.5) is 5.69 Å². The van der Waals surface area contributed by atoms with Crippen LogP contribution in [0.5, 0.6) is 0 Å². The molecular weight excluding hydrogens is 234 g/mol. The molecular formula is C13H17NS2. The Kier molecular flexibility index (Phi) is 4.55. The highest BCUT2D eigenvalue weighted by Gasteiger charge is 1.96. The summed E-state index contributed by atoms with van der Waals surface area (Å²) in [5.41, 5.74) is 1.25. The number of rotatable bonds is 6. The van der Waals surface area contributed by atoms with E-state index < -0.39 is 0 Å². The van der Waals surface area contributed by atoms with Gasteiger partial charge in [-0.15, -0.1) is 11.3 Å². The largest absolute Gasteiger partial charge is 0.385 e. The fourth-order valence-electron chi connectivity index (χ4n) is 1.68. The molecule has 3 heteroatoms. The molecule has 0 fully saturated rings. The van der Waals surface area contributed by atoms with Crippen molar-refractivity contribution < 1.29 is 0 Å². The Morgan fingerprint density at radius 2 is 2.19 bits per heavy atom. The van der Waals surface area contributed by atoms with Gasteiger partial charge in [0.1, 0.15) is 0 Å². The molecule has 0 amide bonds. The molecule has 2 rings (SSSR count). The predicted octanol–water partition coefficient (Wildman–Crippen LogP) is 4.46. The van der Waals surface area contributed by atoms with Gasteiger partial charge in [0, 0.05) is 16.9 Å². The number of anilines is 1. The van der Waals surface area contributed by atoms with Crippen LogP contribution in [-0.2, 0) is 0 Å². The van der Waals surface area contributed by atoms with Gasteiger partial charge in [0.2, 0.25) is 0 Å². The van der Waals surface area contributed by atoms with Crippen LogP contribution in [0.15, 0.2) is 29.6 Å². The van der Waals surface area contributed by atoms with Crippen molar-refractivity contribution in [1.29, 1.82) is 0 Å². The summed E-state index contributed by atoms with van der Waals surface area (Å²) in [7, 11) is 0. The van der Waals surface area contributed by atoms with Crippen molar-refractivity contribution in [1.82, 2.24) is 0 Å². The summed E-state index contributed by atoms with van der Waals surface area (Å²) in [5.74, 6) is 1.27. The molecule has 0 bridgehead atoms. The van der Waals surface area contributed by atoms with E-state index in [1.165, 1.54) is 34.4 Å². The number of thiophene rings is 1. The molecule has 0 radical (unpaired) electrons. The summed E-state index contributed by atoms with van der Waals surface area (Å²) < 4.78 is 1.37. The zero-order chi connectivity index (χ0) is 11.2. The Morgan fingerprint density at radius 1 is 1.25 bits per heavy atom. The second kappa shape index (κ2) is 6.16. The van der Waals surface area contributed by atoms with Gasteiger partial charge in [0.15, 0.2) is 0 Å². The maximum absolute atomic E-state index is 3.48. The molecule has 1 nitrogen and oxygen atoms in total. The number of unbranched alkanes of at least 4 members (excludes halogenated alkanes) is 1. The summed E-state index contributed by atoms with van der Waals surface area (Å²) in [5, 5.41) is 6.97.